The number of hydrogen-bond acceptors (Lipinski definition) is 4. The van der Waals surface area contributed by atoms with E-state index in [4.69, 9.17) is 4.74 Å². The van der Waals surface area contributed by atoms with Gasteiger partial charge < -0.3 is 19.1 Å². The fourth-order valence-corrected chi connectivity index (χ4v) is 5.21. The van der Waals surface area contributed by atoms with E-state index >= 15 is 0 Å². The molecule has 0 unspecified atom stereocenters. The lowest BCUT2D eigenvalue weighted by Crippen LogP contribution is -2.50. The molecule has 7 heteroatoms. The highest BCUT2D eigenvalue weighted by Crippen LogP contribution is 2.29. The summed E-state index contributed by atoms with van der Waals surface area (Å²) in [6.07, 6.45) is 9.06. The van der Waals surface area contributed by atoms with E-state index in [9.17, 15) is 9.59 Å². The first-order valence-corrected chi connectivity index (χ1v) is 12.6. The van der Waals surface area contributed by atoms with Crippen LogP contribution in [0.5, 0.6) is 5.75 Å². The van der Waals surface area contributed by atoms with Crippen molar-refractivity contribution < 1.29 is 14.3 Å². The summed E-state index contributed by atoms with van der Waals surface area (Å²) >= 11 is 0. The average Bonchev–Trinajstić information content (AvgIpc) is 3.36. The number of carbonyl (C=O) groups is 2. The molecule has 0 bridgehead atoms. The Morgan fingerprint density at radius 1 is 1.08 bits per heavy atom. The van der Waals surface area contributed by atoms with Crippen LogP contribution in [0, 0.1) is 6.92 Å². The normalized spacial score (nSPS) is 18.1. The molecule has 2 aliphatic rings. The van der Waals surface area contributed by atoms with Crippen molar-refractivity contribution in [1.29, 1.82) is 0 Å². The molecule has 2 amide bonds. The van der Waals surface area contributed by atoms with Gasteiger partial charge in [0.25, 0.3) is 5.91 Å². The molecule has 0 spiro atoms. The molecule has 2 fully saturated rings. The summed E-state index contributed by atoms with van der Waals surface area (Å²) in [7, 11) is 1.65. The van der Waals surface area contributed by atoms with E-state index in [1.54, 1.807) is 13.4 Å². The molecule has 0 saturated carbocycles. The fourth-order valence-electron chi connectivity index (χ4n) is 5.21. The van der Waals surface area contributed by atoms with E-state index in [0.717, 1.165) is 66.1 Å². The molecule has 0 radical (unpaired) electrons. The van der Waals surface area contributed by atoms with Gasteiger partial charge in [-0.3, -0.25) is 9.59 Å². The van der Waals surface area contributed by atoms with Crippen LogP contribution < -0.4 is 4.74 Å². The van der Waals surface area contributed by atoms with Gasteiger partial charge in [-0.1, -0.05) is 24.3 Å². The Labute approximate surface area is 212 Å². The van der Waals surface area contributed by atoms with Gasteiger partial charge in [-0.25, -0.2) is 4.98 Å². The zero-order chi connectivity index (χ0) is 25.1. The molecule has 2 saturated heterocycles. The van der Waals surface area contributed by atoms with E-state index < -0.39 is 0 Å². The van der Waals surface area contributed by atoms with Crippen LogP contribution in [-0.2, 0) is 4.79 Å². The quantitative estimate of drug-likeness (QED) is 0.500. The SMILES string of the molecule is COc1cc(/C=C2\CCCN(C3CCN(C(=O)c4ccccc4)CC3)C2=O)ccc1-n1cnc(C)c1. The second-order valence-corrected chi connectivity index (χ2v) is 9.51. The molecule has 3 heterocycles. The van der Waals surface area contributed by atoms with Crippen LogP contribution >= 0.6 is 0 Å². The van der Waals surface area contributed by atoms with Crippen molar-refractivity contribution >= 4 is 17.9 Å². The molecule has 2 aromatic carbocycles. The van der Waals surface area contributed by atoms with E-state index in [1.807, 2.05) is 82.1 Å². The lowest BCUT2D eigenvalue weighted by molar-refractivity contribution is -0.131. The Bertz CT molecular complexity index is 1270. The highest BCUT2D eigenvalue weighted by atomic mass is 16.5. The molecular formula is C29H32N4O3. The maximum atomic E-state index is 13.4. The fraction of sp³-hybridized carbons (Fsp3) is 0.345. The first-order chi connectivity index (χ1) is 17.5. The van der Waals surface area contributed by atoms with Crippen molar-refractivity contribution in [2.45, 2.75) is 38.6 Å². The van der Waals surface area contributed by atoms with Gasteiger partial charge in [-0.2, -0.15) is 0 Å². The minimum atomic E-state index is 0.0721. The van der Waals surface area contributed by atoms with Gasteiger partial charge in [-0.05, 0) is 68.5 Å². The van der Waals surface area contributed by atoms with E-state index in [0.29, 0.717) is 13.1 Å². The predicted octanol–water partition coefficient (Wildman–Crippen LogP) is 4.50. The number of amides is 2. The van der Waals surface area contributed by atoms with Gasteiger partial charge in [0.15, 0.2) is 0 Å². The Kier molecular flexibility index (Phi) is 6.89. The summed E-state index contributed by atoms with van der Waals surface area (Å²) in [6, 6.07) is 15.6. The summed E-state index contributed by atoms with van der Waals surface area (Å²) in [4.78, 5) is 34.5. The highest BCUT2D eigenvalue weighted by molar-refractivity contribution is 5.99. The van der Waals surface area contributed by atoms with E-state index in [2.05, 4.69) is 4.98 Å². The number of nitrogens with zero attached hydrogens (tertiary/aromatic N) is 4. The number of imidazole rings is 1. The zero-order valence-corrected chi connectivity index (χ0v) is 20.9. The highest BCUT2D eigenvalue weighted by Gasteiger charge is 2.33. The summed E-state index contributed by atoms with van der Waals surface area (Å²) < 4.78 is 7.58. The number of piperidine rings is 2. The van der Waals surface area contributed by atoms with Gasteiger partial charge in [0, 0.05) is 43.0 Å². The number of aryl methyl sites for hydroxylation is 1. The van der Waals surface area contributed by atoms with Crippen molar-refractivity contribution in [3.8, 4) is 11.4 Å². The molecule has 5 rings (SSSR count). The maximum absolute atomic E-state index is 13.4. The Hall–Kier alpha value is -3.87. The van der Waals surface area contributed by atoms with E-state index in [-0.39, 0.29) is 17.9 Å². The summed E-state index contributed by atoms with van der Waals surface area (Å²) in [5, 5.41) is 0. The number of ether oxygens (including phenoxy) is 1. The molecule has 2 aliphatic heterocycles. The number of rotatable bonds is 5. The first-order valence-electron chi connectivity index (χ1n) is 12.6. The third-order valence-corrected chi connectivity index (χ3v) is 7.13. The van der Waals surface area contributed by atoms with Gasteiger partial charge >= 0.3 is 0 Å². The largest absolute Gasteiger partial charge is 0.495 e. The first kappa shape index (κ1) is 23.9. The van der Waals surface area contributed by atoms with Crippen molar-refractivity contribution in [2.75, 3.05) is 26.7 Å². The standard InChI is InChI=1S/C29H32N4O3/c1-21-19-32(20-30-21)26-11-10-22(18-27(26)36-2)17-24-9-6-14-33(29(24)35)25-12-15-31(16-13-25)28(34)23-7-4-3-5-8-23/h3-5,7-8,10-11,17-20,25H,6,9,12-16H2,1-2H3/b24-17+. The monoisotopic (exact) mass is 484 g/mol. The predicted molar refractivity (Wildman–Crippen MR) is 139 cm³/mol. The number of carbonyl (C=O) groups excluding carboxylic acids is 2. The second kappa shape index (κ2) is 10.4. The maximum Gasteiger partial charge on any atom is 0.253 e. The van der Waals surface area contributed by atoms with Crippen molar-refractivity contribution in [1.82, 2.24) is 19.4 Å². The number of benzene rings is 2. The number of hydrogen-bond donors (Lipinski definition) is 0. The van der Waals surface area contributed by atoms with Crippen molar-refractivity contribution in [3.05, 3.63) is 83.4 Å². The average molecular weight is 485 g/mol. The molecule has 36 heavy (non-hydrogen) atoms. The van der Waals surface area contributed by atoms with Gasteiger partial charge in [0.2, 0.25) is 5.91 Å². The molecule has 0 aliphatic carbocycles. The number of likely N-dealkylation sites (tertiary alicyclic amines) is 2. The molecule has 0 N–H and O–H groups in total. The second-order valence-electron chi connectivity index (χ2n) is 9.51. The van der Waals surface area contributed by atoms with Gasteiger partial charge in [0.1, 0.15) is 5.75 Å². The lowest BCUT2D eigenvalue weighted by atomic mass is 9.95. The topological polar surface area (TPSA) is 67.7 Å². The van der Waals surface area contributed by atoms with E-state index in [1.165, 1.54) is 0 Å². The number of methoxy groups -OCH3 is 1. The van der Waals surface area contributed by atoms with Gasteiger partial charge in [-0.15, -0.1) is 0 Å². The van der Waals surface area contributed by atoms with Crippen LogP contribution in [0.1, 0.15) is 47.3 Å². The molecule has 186 valence electrons. The van der Waals surface area contributed by atoms with Crippen molar-refractivity contribution in [2.24, 2.45) is 0 Å². The zero-order valence-electron chi connectivity index (χ0n) is 20.9. The van der Waals surface area contributed by atoms with Crippen LogP contribution in [0.4, 0.5) is 0 Å². The Balaban J connectivity index is 1.27. The minimum absolute atomic E-state index is 0.0721. The number of aromatic nitrogens is 2. The minimum Gasteiger partial charge on any atom is -0.495 e. The smallest absolute Gasteiger partial charge is 0.253 e. The summed E-state index contributed by atoms with van der Waals surface area (Å²) in [5.74, 6) is 0.919. The van der Waals surface area contributed by atoms with Gasteiger partial charge in [0.05, 0.1) is 24.8 Å². The van der Waals surface area contributed by atoms with Crippen LogP contribution in [0.25, 0.3) is 11.8 Å². The van der Waals surface area contributed by atoms with Crippen molar-refractivity contribution in [3.63, 3.8) is 0 Å². The Morgan fingerprint density at radius 3 is 2.56 bits per heavy atom. The molecule has 7 nitrogen and oxygen atoms in total. The van der Waals surface area contributed by atoms with Crippen LogP contribution in [0.2, 0.25) is 0 Å². The summed E-state index contributed by atoms with van der Waals surface area (Å²) in [5.41, 5.74) is 4.35. The third kappa shape index (κ3) is 4.91. The Morgan fingerprint density at radius 2 is 1.86 bits per heavy atom. The van der Waals surface area contributed by atoms with Crippen LogP contribution in [0.15, 0.2) is 66.6 Å². The molecule has 0 atom stereocenters. The summed E-state index contributed by atoms with van der Waals surface area (Å²) in [6.45, 7) is 4.07. The lowest BCUT2D eigenvalue weighted by Gasteiger charge is -2.40. The van der Waals surface area contributed by atoms with Crippen LogP contribution in [0.3, 0.4) is 0 Å². The van der Waals surface area contributed by atoms with Crippen LogP contribution in [-0.4, -0.2) is 64.0 Å². The third-order valence-electron chi connectivity index (χ3n) is 7.13. The molecular weight excluding hydrogens is 452 g/mol. The molecule has 1 aromatic heterocycles. The molecule has 3 aromatic rings.